The first kappa shape index (κ1) is 48.0. The third-order valence-electron chi connectivity index (χ3n) is 13.6. The summed E-state index contributed by atoms with van der Waals surface area (Å²) in [4.78, 5) is 2.54. The maximum Gasteiger partial charge on any atom is 0.161 e. The van der Waals surface area contributed by atoms with Crippen LogP contribution < -0.4 is 18.9 Å². The van der Waals surface area contributed by atoms with Crippen LogP contribution in [0.25, 0.3) is 22.3 Å². The molecule has 0 aliphatic heterocycles. The van der Waals surface area contributed by atoms with Crippen LogP contribution in [0.4, 0.5) is 0 Å². The van der Waals surface area contributed by atoms with Gasteiger partial charge in [0.2, 0.25) is 0 Å². The standard InChI is InChI=1S/C56H78O4S2/c1-9-17-23-39(13-5)35-57-47-31-43-45(33-49(47)59-37-41(15-7)25-19-11-3)55-54(52-28-22-30-62-52)44-32-48(58-36-40(14-6)24-18-10-2)50(60-38-42(16-8)26-20-12-4)34-46(44)56(55)53(43)51-27-21-29-61-51/h21-22,27-34,39-42H,9-20,23-26,35-38H2,1-8H3. The Morgan fingerprint density at radius 1 is 0.387 bits per heavy atom. The predicted molar refractivity (Wildman–Crippen MR) is 269 cm³/mol. The van der Waals surface area contributed by atoms with Gasteiger partial charge < -0.3 is 18.9 Å². The third-order valence-corrected chi connectivity index (χ3v) is 15.4. The van der Waals surface area contributed by atoms with E-state index >= 15 is 0 Å². The highest BCUT2D eigenvalue weighted by molar-refractivity contribution is 7.11. The summed E-state index contributed by atoms with van der Waals surface area (Å²) in [6.45, 7) is 21.1. The van der Waals surface area contributed by atoms with E-state index in [2.05, 4.69) is 115 Å². The van der Waals surface area contributed by atoms with E-state index in [1.807, 2.05) is 22.7 Å². The van der Waals surface area contributed by atoms with Crippen molar-refractivity contribution in [2.75, 3.05) is 26.4 Å². The van der Waals surface area contributed by atoms with Crippen LogP contribution in [0.2, 0.25) is 0 Å². The Bertz CT molecular complexity index is 1880. The minimum atomic E-state index is 0.511. The molecule has 2 aliphatic rings. The lowest BCUT2D eigenvalue weighted by Gasteiger charge is -2.22. The number of hydrogen-bond acceptors (Lipinski definition) is 6. The van der Waals surface area contributed by atoms with E-state index in [9.17, 15) is 0 Å². The summed E-state index contributed by atoms with van der Waals surface area (Å²) >= 11 is 3.64. The minimum absolute atomic E-state index is 0.511. The molecule has 0 fully saturated rings. The van der Waals surface area contributed by atoms with Crippen molar-refractivity contribution >= 4 is 45.0 Å². The van der Waals surface area contributed by atoms with Gasteiger partial charge in [0.25, 0.3) is 0 Å². The Balaban J connectivity index is 1.53. The second-order valence-electron chi connectivity index (χ2n) is 18.1. The molecule has 338 valence electrons. The van der Waals surface area contributed by atoms with Crippen molar-refractivity contribution in [3.05, 3.63) is 91.3 Å². The van der Waals surface area contributed by atoms with Gasteiger partial charge in [0.05, 0.1) is 26.4 Å². The van der Waals surface area contributed by atoms with E-state index in [1.165, 1.54) is 131 Å². The fraction of sp³-hybridized carbons (Fsp3) is 0.571. The van der Waals surface area contributed by atoms with Gasteiger partial charge in [-0.25, -0.2) is 0 Å². The van der Waals surface area contributed by atoms with E-state index in [0.717, 1.165) is 48.7 Å². The number of rotatable bonds is 30. The zero-order valence-electron chi connectivity index (χ0n) is 39.7. The van der Waals surface area contributed by atoms with Gasteiger partial charge >= 0.3 is 0 Å². The number of fused-ring (bicyclic) bond motifs is 5. The van der Waals surface area contributed by atoms with Crippen LogP contribution in [-0.2, 0) is 0 Å². The largest absolute Gasteiger partial charge is 0.489 e. The molecule has 0 saturated carbocycles. The lowest BCUT2D eigenvalue weighted by molar-refractivity contribution is 0.199. The number of allylic oxidation sites excluding steroid dienone is 2. The molecule has 4 nitrogen and oxygen atoms in total. The summed E-state index contributed by atoms with van der Waals surface area (Å²) in [6, 6.07) is 18.3. The molecule has 62 heavy (non-hydrogen) atoms. The molecule has 6 heteroatoms. The SMILES string of the molecule is CCCCC(CC)COc1cc2c(cc1OCC(CC)CCCC)C(c1cccs1)=C1C2=C(c2cccs2)c2cc(OCC(CC)CCCC)c(OCC(CC)CCCC)cc21. The number of thiophene rings is 2. The van der Waals surface area contributed by atoms with Gasteiger partial charge in [0.15, 0.2) is 23.0 Å². The Kier molecular flexibility index (Phi) is 19.0. The Morgan fingerprint density at radius 2 is 0.661 bits per heavy atom. The molecule has 2 aliphatic carbocycles. The highest BCUT2D eigenvalue weighted by atomic mass is 32.1. The molecule has 0 amide bonds. The second kappa shape index (κ2) is 24.5. The van der Waals surface area contributed by atoms with Crippen LogP contribution in [-0.4, -0.2) is 26.4 Å². The van der Waals surface area contributed by atoms with Crippen LogP contribution in [0, 0.1) is 23.7 Å². The molecule has 2 aromatic carbocycles. The van der Waals surface area contributed by atoms with Gasteiger partial charge in [-0.05, 0) is 119 Å². The van der Waals surface area contributed by atoms with Gasteiger partial charge in [0, 0.05) is 32.0 Å². The molecule has 6 rings (SSSR count). The highest BCUT2D eigenvalue weighted by Crippen LogP contribution is 2.62. The maximum atomic E-state index is 6.96. The van der Waals surface area contributed by atoms with Crippen molar-refractivity contribution < 1.29 is 18.9 Å². The lowest BCUT2D eigenvalue weighted by atomic mass is 9.95. The van der Waals surface area contributed by atoms with Crippen molar-refractivity contribution in [1.82, 2.24) is 0 Å². The van der Waals surface area contributed by atoms with Crippen molar-refractivity contribution in [3.8, 4) is 23.0 Å². The minimum Gasteiger partial charge on any atom is -0.489 e. The molecule has 0 radical (unpaired) electrons. The predicted octanol–water partition coefficient (Wildman–Crippen LogP) is 17.4. The van der Waals surface area contributed by atoms with E-state index in [4.69, 9.17) is 18.9 Å². The summed E-state index contributed by atoms with van der Waals surface area (Å²) in [5.74, 6) is 5.53. The fourth-order valence-corrected chi connectivity index (χ4v) is 10.8. The van der Waals surface area contributed by atoms with E-state index < -0.39 is 0 Å². The fourth-order valence-electron chi connectivity index (χ4n) is 9.23. The van der Waals surface area contributed by atoms with Crippen LogP contribution in [0.1, 0.15) is 190 Å². The summed E-state index contributed by atoms with van der Waals surface area (Å²) in [6.07, 6.45) is 18.9. The van der Waals surface area contributed by atoms with Crippen molar-refractivity contribution in [3.63, 3.8) is 0 Å². The summed E-state index contributed by atoms with van der Waals surface area (Å²) in [5, 5.41) is 4.43. The normalized spacial score (nSPS) is 15.0. The first-order valence-electron chi connectivity index (χ1n) is 24.9. The monoisotopic (exact) mass is 879 g/mol. The Labute approximate surface area is 384 Å². The van der Waals surface area contributed by atoms with Crippen molar-refractivity contribution in [2.45, 2.75) is 158 Å². The molecule has 4 atom stereocenters. The number of ether oxygens (including phenoxy) is 4. The van der Waals surface area contributed by atoms with Gasteiger partial charge in [0.1, 0.15) is 0 Å². The van der Waals surface area contributed by atoms with Crippen LogP contribution in [0.3, 0.4) is 0 Å². The molecule has 4 unspecified atom stereocenters. The maximum absolute atomic E-state index is 6.96. The Hall–Kier alpha value is -3.48. The third kappa shape index (κ3) is 11.6. The number of hydrogen-bond donors (Lipinski definition) is 0. The van der Waals surface area contributed by atoms with E-state index in [0.29, 0.717) is 50.1 Å². The molecular weight excluding hydrogens is 801 g/mol. The molecule has 4 aromatic rings. The second-order valence-corrected chi connectivity index (χ2v) is 19.9. The quantitative estimate of drug-likeness (QED) is 0.0523. The van der Waals surface area contributed by atoms with Crippen LogP contribution >= 0.6 is 22.7 Å². The van der Waals surface area contributed by atoms with E-state index in [1.54, 1.807) is 0 Å². The topological polar surface area (TPSA) is 36.9 Å². The van der Waals surface area contributed by atoms with Crippen LogP contribution in [0.15, 0.2) is 59.3 Å². The number of unbranched alkanes of at least 4 members (excludes halogenated alkanes) is 4. The zero-order valence-corrected chi connectivity index (χ0v) is 41.3. The highest BCUT2D eigenvalue weighted by Gasteiger charge is 2.40. The molecule has 2 aromatic heterocycles. The molecule has 2 heterocycles. The summed E-state index contributed by atoms with van der Waals surface area (Å²) < 4.78 is 27.8. The van der Waals surface area contributed by atoms with Gasteiger partial charge in [-0.15, -0.1) is 22.7 Å². The number of benzene rings is 2. The molecule has 0 spiro atoms. The summed E-state index contributed by atoms with van der Waals surface area (Å²) in [7, 11) is 0. The summed E-state index contributed by atoms with van der Waals surface area (Å²) in [5.41, 5.74) is 10.1. The Morgan fingerprint density at radius 3 is 0.887 bits per heavy atom. The molecule has 0 N–H and O–H groups in total. The van der Waals surface area contributed by atoms with Gasteiger partial charge in [-0.3, -0.25) is 0 Å². The smallest absolute Gasteiger partial charge is 0.161 e. The van der Waals surface area contributed by atoms with Crippen molar-refractivity contribution in [1.29, 1.82) is 0 Å². The van der Waals surface area contributed by atoms with Gasteiger partial charge in [-0.1, -0.05) is 145 Å². The van der Waals surface area contributed by atoms with Crippen molar-refractivity contribution in [2.24, 2.45) is 23.7 Å². The average Bonchev–Trinajstić information content (AvgIpc) is 4.13. The molecular formula is C56H78O4S2. The van der Waals surface area contributed by atoms with E-state index in [-0.39, 0.29) is 0 Å². The van der Waals surface area contributed by atoms with Gasteiger partial charge in [-0.2, -0.15) is 0 Å². The lowest BCUT2D eigenvalue weighted by Crippen LogP contribution is -2.15. The zero-order chi connectivity index (χ0) is 43.8. The first-order valence-corrected chi connectivity index (χ1v) is 26.6. The molecule has 0 bridgehead atoms. The molecule has 0 saturated heterocycles. The van der Waals surface area contributed by atoms with Crippen LogP contribution in [0.5, 0.6) is 23.0 Å². The first-order chi connectivity index (χ1) is 30.4. The average molecular weight is 879 g/mol.